The molecule has 1 unspecified atom stereocenters. The lowest BCUT2D eigenvalue weighted by Gasteiger charge is -2.42. The van der Waals surface area contributed by atoms with Gasteiger partial charge in [0.1, 0.15) is 16.6 Å². The van der Waals surface area contributed by atoms with E-state index in [1.807, 2.05) is 0 Å². The van der Waals surface area contributed by atoms with Crippen molar-refractivity contribution in [1.82, 2.24) is 15.0 Å². The molecule has 6 nitrogen and oxygen atoms in total. The number of hydrogen-bond donors (Lipinski definition) is 1. The maximum absolute atomic E-state index is 13.3. The van der Waals surface area contributed by atoms with Crippen LogP contribution in [-0.2, 0) is 12.7 Å². The van der Waals surface area contributed by atoms with Crippen molar-refractivity contribution in [3.63, 3.8) is 0 Å². The number of rotatable bonds is 2. The normalized spacial score (nSPS) is 22.6. The molecule has 10 heteroatoms. The smallest absolute Gasteiger partial charge is 0.355 e. The number of aromatic nitrogens is 3. The van der Waals surface area contributed by atoms with E-state index in [1.165, 1.54) is 25.0 Å². The van der Waals surface area contributed by atoms with Gasteiger partial charge in [-0.3, -0.25) is 9.98 Å². The summed E-state index contributed by atoms with van der Waals surface area (Å²) in [4.78, 5) is 19.4. The molecule has 3 aliphatic rings. The van der Waals surface area contributed by atoms with Crippen LogP contribution in [-0.4, -0.2) is 39.1 Å². The van der Waals surface area contributed by atoms with E-state index in [0.29, 0.717) is 29.0 Å². The lowest BCUT2D eigenvalue weighted by Crippen LogP contribution is -2.47. The van der Waals surface area contributed by atoms with Gasteiger partial charge in [-0.1, -0.05) is 18.2 Å². The summed E-state index contributed by atoms with van der Waals surface area (Å²) < 4.78 is 39.8. The van der Waals surface area contributed by atoms with Crippen LogP contribution in [0.15, 0.2) is 34.4 Å². The van der Waals surface area contributed by atoms with E-state index in [0.717, 1.165) is 56.1 Å². The van der Waals surface area contributed by atoms with Gasteiger partial charge < -0.3 is 10.6 Å². The summed E-state index contributed by atoms with van der Waals surface area (Å²) in [6, 6.07) is 3.19. The summed E-state index contributed by atoms with van der Waals surface area (Å²) in [5.41, 5.74) is 7.00. The number of nitrogens with two attached hydrogens (primary N) is 1. The first-order valence-corrected chi connectivity index (χ1v) is 11.3. The largest absolute Gasteiger partial charge is 0.434 e. The summed E-state index contributed by atoms with van der Waals surface area (Å²) >= 11 is 0.939. The summed E-state index contributed by atoms with van der Waals surface area (Å²) in [6.45, 7) is 2.12. The highest BCUT2D eigenvalue weighted by Crippen LogP contribution is 2.46. The minimum Gasteiger partial charge on any atom is -0.355 e. The lowest BCUT2D eigenvalue weighted by atomic mass is 9.74. The second kappa shape index (κ2) is 7.74. The Morgan fingerprint density at radius 3 is 2.68 bits per heavy atom. The zero-order valence-electron chi connectivity index (χ0n) is 16.9. The van der Waals surface area contributed by atoms with Crippen LogP contribution in [0.2, 0.25) is 0 Å². The first kappa shape index (κ1) is 20.7. The molecule has 1 saturated carbocycles. The van der Waals surface area contributed by atoms with E-state index in [9.17, 15) is 13.2 Å². The number of piperidine rings is 1. The van der Waals surface area contributed by atoms with Crippen LogP contribution < -0.4 is 10.6 Å². The third kappa shape index (κ3) is 3.80. The molecule has 2 fully saturated rings. The standard InChI is InChI=1S/C21H23F3N6S/c22-21(23,24)18-14(3-2-8-26-18)31-19-17-13(11-28-19)29-16(12-27-17)30-9-6-20(7-10-30)5-1-4-15(20)25/h2-3,8,12,15H,1,4-7,9-11,25H2. The molecule has 0 bridgehead atoms. The molecule has 2 aromatic heterocycles. The molecule has 164 valence electrons. The zero-order valence-corrected chi connectivity index (χ0v) is 17.7. The highest BCUT2D eigenvalue weighted by atomic mass is 32.2. The van der Waals surface area contributed by atoms with Crippen molar-refractivity contribution in [2.75, 3.05) is 18.0 Å². The van der Waals surface area contributed by atoms with Crippen molar-refractivity contribution in [3.05, 3.63) is 41.6 Å². The van der Waals surface area contributed by atoms with Crippen molar-refractivity contribution in [2.45, 2.75) is 55.8 Å². The van der Waals surface area contributed by atoms with E-state index < -0.39 is 11.9 Å². The number of nitrogens with zero attached hydrogens (tertiary/aromatic N) is 5. The van der Waals surface area contributed by atoms with Gasteiger partial charge in [0.05, 0.1) is 18.4 Å². The molecule has 0 radical (unpaired) electrons. The number of fused-ring (bicyclic) bond motifs is 1. The number of thioether (sulfide) groups is 1. The van der Waals surface area contributed by atoms with Gasteiger partial charge in [-0.2, -0.15) is 13.2 Å². The third-order valence-corrected chi connectivity index (χ3v) is 7.78. The molecule has 1 spiro atoms. The first-order valence-electron chi connectivity index (χ1n) is 10.5. The first-order chi connectivity index (χ1) is 14.9. The van der Waals surface area contributed by atoms with Gasteiger partial charge in [0.15, 0.2) is 5.69 Å². The molecule has 2 aromatic rings. The Kier molecular flexibility index (Phi) is 5.16. The average Bonchev–Trinajstić information content (AvgIpc) is 3.31. The van der Waals surface area contributed by atoms with Crippen molar-refractivity contribution in [3.8, 4) is 0 Å². The van der Waals surface area contributed by atoms with Crippen molar-refractivity contribution < 1.29 is 13.2 Å². The molecule has 5 rings (SSSR count). The fourth-order valence-electron chi connectivity index (χ4n) is 4.92. The molecular weight excluding hydrogens is 425 g/mol. The fourth-order valence-corrected chi connectivity index (χ4v) is 5.93. The molecule has 4 heterocycles. The summed E-state index contributed by atoms with van der Waals surface area (Å²) in [7, 11) is 0. The van der Waals surface area contributed by atoms with E-state index in [2.05, 4.69) is 19.9 Å². The number of hydrogen-bond acceptors (Lipinski definition) is 7. The van der Waals surface area contributed by atoms with E-state index in [-0.39, 0.29) is 10.3 Å². The summed E-state index contributed by atoms with van der Waals surface area (Å²) in [5, 5.41) is 0.446. The molecule has 1 saturated heterocycles. The number of aliphatic imine (C=N–C) groups is 1. The van der Waals surface area contributed by atoms with Crippen LogP contribution in [0.5, 0.6) is 0 Å². The Morgan fingerprint density at radius 2 is 1.97 bits per heavy atom. The molecule has 31 heavy (non-hydrogen) atoms. The summed E-state index contributed by atoms with van der Waals surface area (Å²) in [5.74, 6) is 0.805. The average molecular weight is 449 g/mol. The second-order valence-electron chi connectivity index (χ2n) is 8.44. The fraction of sp³-hybridized carbons (Fsp3) is 0.524. The number of pyridine rings is 1. The Hall–Kier alpha value is -2.20. The molecule has 0 amide bonds. The molecule has 2 N–H and O–H groups in total. The zero-order chi connectivity index (χ0) is 21.6. The minimum absolute atomic E-state index is 0.0155. The highest BCUT2D eigenvalue weighted by Gasteiger charge is 2.43. The van der Waals surface area contributed by atoms with Gasteiger partial charge >= 0.3 is 6.18 Å². The van der Waals surface area contributed by atoms with Crippen LogP contribution in [0.4, 0.5) is 19.0 Å². The molecule has 1 atom stereocenters. The maximum atomic E-state index is 13.3. The van der Waals surface area contributed by atoms with Gasteiger partial charge in [-0.15, -0.1) is 0 Å². The third-order valence-electron chi connectivity index (χ3n) is 6.71. The van der Waals surface area contributed by atoms with Crippen molar-refractivity contribution in [2.24, 2.45) is 16.1 Å². The Morgan fingerprint density at radius 1 is 1.16 bits per heavy atom. The topological polar surface area (TPSA) is 80.3 Å². The van der Waals surface area contributed by atoms with Gasteiger partial charge in [0.25, 0.3) is 0 Å². The van der Waals surface area contributed by atoms with Crippen molar-refractivity contribution >= 4 is 22.6 Å². The van der Waals surface area contributed by atoms with Gasteiger partial charge in [0.2, 0.25) is 0 Å². The van der Waals surface area contributed by atoms with Gasteiger partial charge in [-0.25, -0.2) is 9.97 Å². The molecular formula is C21H23F3N6S. The van der Waals surface area contributed by atoms with Crippen molar-refractivity contribution in [1.29, 1.82) is 0 Å². The summed E-state index contributed by atoms with van der Waals surface area (Å²) in [6.07, 6.45) is 3.99. The predicted molar refractivity (Wildman–Crippen MR) is 113 cm³/mol. The van der Waals surface area contributed by atoms with Crippen LogP contribution >= 0.6 is 11.8 Å². The highest BCUT2D eigenvalue weighted by molar-refractivity contribution is 8.14. The number of anilines is 1. The van der Waals surface area contributed by atoms with E-state index in [4.69, 9.17) is 10.7 Å². The van der Waals surface area contributed by atoms with E-state index in [1.54, 1.807) is 6.20 Å². The minimum atomic E-state index is -4.52. The Balaban J connectivity index is 1.31. The number of alkyl halides is 3. The Bertz CT molecular complexity index is 1020. The quantitative estimate of drug-likeness (QED) is 0.747. The second-order valence-corrected chi connectivity index (χ2v) is 9.47. The van der Waals surface area contributed by atoms with Crippen LogP contribution in [0.1, 0.15) is 49.2 Å². The molecule has 1 aliphatic carbocycles. The SMILES string of the molecule is NC1CCCC12CCN(c1cnc3c(n1)CN=C3Sc1cccnc1C(F)(F)F)CC2. The van der Waals surface area contributed by atoms with E-state index >= 15 is 0 Å². The Labute approximate surface area is 182 Å². The van der Waals surface area contributed by atoms with Crippen LogP contribution in [0.3, 0.4) is 0 Å². The van der Waals surface area contributed by atoms with Gasteiger partial charge in [-0.05, 0) is 43.2 Å². The predicted octanol–water partition coefficient (Wildman–Crippen LogP) is 4.04. The lowest BCUT2D eigenvalue weighted by molar-refractivity contribution is -0.143. The monoisotopic (exact) mass is 448 g/mol. The van der Waals surface area contributed by atoms with Crippen LogP contribution in [0.25, 0.3) is 0 Å². The van der Waals surface area contributed by atoms with Gasteiger partial charge in [0, 0.05) is 30.2 Å². The molecule has 2 aliphatic heterocycles. The molecule has 0 aromatic carbocycles. The van der Waals surface area contributed by atoms with Crippen LogP contribution in [0, 0.1) is 5.41 Å². The maximum Gasteiger partial charge on any atom is 0.434 e. The number of halogens is 3.